The lowest BCUT2D eigenvalue weighted by molar-refractivity contribution is 1.10. The third-order valence-electron chi connectivity index (χ3n) is 4.02. The van der Waals surface area contributed by atoms with E-state index in [0.717, 1.165) is 33.4 Å². The predicted octanol–water partition coefficient (Wildman–Crippen LogP) is 4.37. The number of pyridine rings is 2. The van der Waals surface area contributed by atoms with Crippen molar-refractivity contribution in [3.05, 3.63) is 60.5 Å². The van der Waals surface area contributed by atoms with E-state index in [0.29, 0.717) is 5.82 Å². The Morgan fingerprint density at radius 3 is 2.88 bits per heavy atom. The van der Waals surface area contributed by atoms with Crippen LogP contribution in [0.4, 0.5) is 11.5 Å². The Balaban J connectivity index is 1.79. The number of aromatic amines is 1. The molecule has 5 rings (SSSR count). The zero-order valence-corrected chi connectivity index (χ0v) is 13.8. The van der Waals surface area contributed by atoms with Crippen molar-refractivity contribution in [3.8, 4) is 11.4 Å². The first-order valence-corrected chi connectivity index (χ1v) is 8.61. The fraction of sp³-hybridized carbons (Fsp3) is 0. The fourth-order valence-corrected chi connectivity index (χ4v) is 3.84. The van der Waals surface area contributed by atoms with Crippen LogP contribution in [0.2, 0.25) is 0 Å². The molecule has 0 unspecified atom stereocenters. The van der Waals surface area contributed by atoms with E-state index in [1.54, 1.807) is 23.7 Å². The summed E-state index contributed by atoms with van der Waals surface area (Å²) in [4.78, 5) is 13.3. The molecule has 120 valence electrons. The van der Waals surface area contributed by atoms with Crippen LogP contribution in [0.15, 0.2) is 60.5 Å². The summed E-state index contributed by atoms with van der Waals surface area (Å²) in [6.45, 7) is 0. The molecule has 25 heavy (non-hydrogen) atoms. The molecule has 0 bridgehead atoms. The van der Waals surface area contributed by atoms with Gasteiger partial charge in [0, 0.05) is 27.2 Å². The van der Waals surface area contributed by atoms with Gasteiger partial charge in [-0.25, -0.2) is 9.97 Å². The highest BCUT2D eigenvalue weighted by molar-refractivity contribution is 7.18. The average molecular weight is 344 g/mol. The zero-order valence-electron chi connectivity index (χ0n) is 13.0. The molecule has 0 aliphatic carbocycles. The Morgan fingerprint density at radius 1 is 1.04 bits per heavy atom. The van der Waals surface area contributed by atoms with Gasteiger partial charge in [-0.15, -0.1) is 11.3 Å². The van der Waals surface area contributed by atoms with Crippen LogP contribution in [0.1, 0.15) is 0 Å². The minimum atomic E-state index is 0.710. The van der Waals surface area contributed by atoms with Crippen molar-refractivity contribution in [2.24, 2.45) is 0 Å². The topological polar surface area (TPSA) is 79.4 Å². The Labute approximate surface area is 146 Å². The molecule has 4 heterocycles. The van der Waals surface area contributed by atoms with E-state index in [1.807, 2.05) is 24.3 Å². The molecule has 0 radical (unpaired) electrons. The highest BCUT2D eigenvalue weighted by Crippen LogP contribution is 2.37. The van der Waals surface area contributed by atoms with E-state index in [4.69, 9.17) is 4.98 Å². The van der Waals surface area contributed by atoms with Crippen molar-refractivity contribution < 1.29 is 0 Å². The molecular weight excluding hydrogens is 332 g/mol. The van der Waals surface area contributed by atoms with Gasteiger partial charge < -0.3 is 5.32 Å². The van der Waals surface area contributed by atoms with Crippen LogP contribution in [0.5, 0.6) is 0 Å². The number of benzene rings is 1. The van der Waals surface area contributed by atoms with Gasteiger partial charge >= 0.3 is 0 Å². The van der Waals surface area contributed by atoms with E-state index < -0.39 is 0 Å². The van der Waals surface area contributed by atoms with E-state index in [2.05, 4.69) is 43.0 Å². The first-order chi connectivity index (χ1) is 12.4. The molecule has 4 aromatic heterocycles. The standard InChI is InChI=1S/C18H12N6S/c1-4-12-15(13(5-1)17-20-10-21-24-17)23-18(14-6-8-25-16(12)14)22-11-3-2-7-19-9-11/h1-10H,(H,22,23)(H,20,21,24). The molecule has 0 aliphatic rings. The Kier molecular flexibility index (Phi) is 3.17. The van der Waals surface area contributed by atoms with Crippen molar-refractivity contribution in [2.75, 3.05) is 5.32 Å². The summed E-state index contributed by atoms with van der Waals surface area (Å²) in [5, 5.41) is 14.6. The number of aromatic nitrogens is 5. The summed E-state index contributed by atoms with van der Waals surface area (Å²) >= 11 is 1.71. The number of hydrogen-bond acceptors (Lipinski definition) is 6. The third-order valence-corrected chi connectivity index (χ3v) is 4.97. The third kappa shape index (κ3) is 2.33. The molecule has 6 nitrogen and oxygen atoms in total. The first kappa shape index (κ1) is 14.1. The normalized spacial score (nSPS) is 11.2. The maximum Gasteiger partial charge on any atom is 0.157 e. The Morgan fingerprint density at radius 2 is 2.04 bits per heavy atom. The van der Waals surface area contributed by atoms with Crippen LogP contribution in [-0.4, -0.2) is 25.1 Å². The Bertz CT molecular complexity index is 1160. The van der Waals surface area contributed by atoms with E-state index in [-0.39, 0.29) is 0 Å². The summed E-state index contributed by atoms with van der Waals surface area (Å²) in [6, 6.07) is 12.1. The number of nitrogens with one attached hydrogen (secondary N) is 2. The van der Waals surface area contributed by atoms with Crippen LogP contribution in [-0.2, 0) is 0 Å². The Hall–Kier alpha value is -3.32. The number of thiophene rings is 1. The molecule has 0 spiro atoms. The first-order valence-electron chi connectivity index (χ1n) is 7.73. The predicted molar refractivity (Wildman–Crippen MR) is 100 cm³/mol. The van der Waals surface area contributed by atoms with Gasteiger partial charge in [0.2, 0.25) is 0 Å². The van der Waals surface area contributed by atoms with Crippen molar-refractivity contribution in [3.63, 3.8) is 0 Å². The van der Waals surface area contributed by atoms with Crippen LogP contribution in [0.25, 0.3) is 32.4 Å². The molecule has 0 amide bonds. The number of para-hydroxylation sites is 1. The molecular formula is C18H12N6S. The van der Waals surface area contributed by atoms with E-state index >= 15 is 0 Å². The van der Waals surface area contributed by atoms with Gasteiger partial charge in [-0.05, 0) is 29.6 Å². The zero-order chi connectivity index (χ0) is 16.6. The van der Waals surface area contributed by atoms with Gasteiger partial charge in [-0.3, -0.25) is 10.1 Å². The molecule has 2 N–H and O–H groups in total. The van der Waals surface area contributed by atoms with Crippen LogP contribution in [0, 0.1) is 0 Å². The molecule has 0 saturated heterocycles. The van der Waals surface area contributed by atoms with Crippen LogP contribution < -0.4 is 5.32 Å². The largest absolute Gasteiger partial charge is 0.338 e. The average Bonchev–Trinajstić information content (AvgIpc) is 3.34. The molecule has 0 atom stereocenters. The van der Waals surface area contributed by atoms with Crippen molar-refractivity contribution in [2.45, 2.75) is 0 Å². The molecule has 0 fully saturated rings. The molecule has 7 heteroatoms. The lowest BCUT2D eigenvalue weighted by Gasteiger charge is -2.10. The van der Waals surface area contributed by atoms with Crippen LogP contribution >= 0.6 is 11.3 Å². The quantitative estimate of drug-likeness (QED) is 0.508. The number of rotatable bonds is 3. The van der Waals surface area contributed by atoms with Crippen molar-refractivity contribution in [1.82, 2.24) is 25.1 Å². The molecule has 5 aromatic rings. The lowest BCUT2D eigenvalue weighted by Crippen LogP contribution is -1.96. The van der Waals surface area contributed by atoms with Gasteiger partial charge in [-0.2, -0.15) is 5.10 Å². The minimum absolute atomic E-state index is 0.710. The fourth-order valence-electron chi connectivity index (χ4n) is 2.92. The summed E-state index contributed by atoms with van der Waals surface area (Å²) in [7, 11) is 0. The minimum Gasteiger partial charge on any atom is -0.338 e. The summed E-state index contributed by atoms with van der Waals surface area (Å²) < 4.78 is 1.19. The maximum absolute atomic E-state index is 4.91. The second-order valence-corrected chi connectivity index (χ2v) is 6.44. The van der Waals surface area contributed by atoms with Gasteiger partial charge in [0.25, 0.3) is 0 Å². The van der Waals surface area contributed by atoms with Gasteiger partial charge in [0.15, 0.2) is 5.82 Å². The number of hydrogen-bond donors (Lipinski definition) is 2. The maximum atomic E-state index is 4.91. The summed E-state index contributed by atoms with van der Waals surface area (Å²) in [5.41, 5.74) is 2.72. The summed E-state index contributed by atoms with van der Waals surface area (Å²) in [5.74, 6) is 1.52. The van der Waals surface area contributed by atoms with E-state index in [1.165, 1.54) is 11.0 Å². The summed E-state index contributed by atoms with van der Waals surface area (Å²) in [6.07, 6.45) is 5.04. The van der Waals surface area contributed by atoms with Crippen molar-refractivity contribution in [1.29, 1.82) is 0 Å². The van der Waals surface area contributed by atoms with Gasteiger partial charge in [0.05, 0.1) is 17.4 Å². The second-order valence-electron chi connectivity index (χ2n) is 5.53. The smallest absolute Gasteiger partial charge is 0.157 e. The SMILES string of the molecule is c1cncc(Nc2nc3c(-c4ncn[nH]4)cccc3c3sccc23)c1. The van der Waals surface area contributed by atoms with Gasteiger partial charge in [0.1, 0.15) is 12.1 Å². The van der Waals surface area contributed by atoms with Crippen LogP contribution in [0.3, 0.4) is 0 Å². The molecule has 0 aliphatic heterocycles. The van der Waals surface area contributed by atoms with E-state index in [9.17, 15) is 0 Å². The molecule has 0 saturated carbocycles. The highest BCUT2D eigenvalue weighted by Gasteiger charge is 2.14. The lowest BCUT2D eigenvalue weighted by atomic mass is 10.1. The van der Waals surface area contributed by atoms with Crippen molar-refractivity contribution >= 4 is 43.8 Å². The monoisotopic (exact) mass is 344 g/mol. The van der Waals surface area contributed by atoms with Gasteiger partial charge in [-0.1, -0.05) is 12.1 Å². The highest BCUT2D eigenvalue weighted by atomic mass is 32.1. The number of anilines is 2. The number of H-pyrrole nitrogens is 1. The molecule has 1 aromatic carbocycles. The second kappa shape index (κ2) is 5.64. The number of nitrogens with zero attached hydrogens (tertiary/aromatic N) is 4. The number of fused-ring (bicyclic) bond motifs is 3.